The van der Waals surface area contributed by atoms with Crippen molar-refractivity contribution in [3.05, 3.63) is 65.2 Å². The van der Waals surface area contributed by atoms with E-state index in [1.54, 1.807) is 34.1 Å². The highest BCUT2D eigenvalue weighted by molar-refractivity contribution is 7.89. The molecule has 7 nitrogen and oxygen atoms in total. The monoisotopic (exact) mass is 469 g/mol. The van der Waals surface area contributed by atoms with Gasteiger partial charge in [-0.15, -0.1) is 0 Å². The average Bonchev–Trinajstić information content (AvgIpc) is 2.86. The molecule has 2 aliphatic rings. The Morgan fingerprint density at radius 1 is 0.848 bits per heavy atom. The zero-order valence-electron chi connectivity index (χ0n) is 18.8. The molecular formula is C25H31N3O4S. The van der Waals surface area contributed by atoms with Gasteiger partial charge in [0.1, 0.15) is 0 Å². The molecule has 0 spiro atoms. The second kappa shape index (κ2) is 10.5. The molecule has 4 rings (SSSR count). The molecule has 176 valence electrons. The fourth-order valence-electron chi connectivity index (χ4n) is 4.49. The summed E-state index contributed by atoms with van der Waals surface area (Å²) in [6.45, 7) is 2.23. The smallest absolute Gasteiger partial charge is 0.253 e. The van der Waals surface area contributed by atoms with Crippen molar-refractivity contribution in [2.45, 2.75) is 43.4 Å². The van der Waals surface area contributed by atoms with Crippen LogP contribution in [-0.2, 0) is 27.7 Å². The van der Waals surface area contributed by atoms with Crippen molar-refractivity contribution in [1.82, 2.24) is 14.5 Å². The molecule has 2 aromatic carbocycles. The third kappa shape index (κ3) is 5.81. The molecule has 1 saturated heterocycles. The zero-order valence-corrected chi connectivity index (χ0v) is 19.6. The first-order valence-corrected chi connectivity index (χ1v) is 13.2. The molecule has 33 heavy (non-hydrogen) atoms. The number of nitrogens with one attached hydrogen (secondary N) is 1. The molecule has 0 atom stereocenters. The molecule has 2 amide bonds. The van der Waals surface area contributed by atoms with E-state index in [4.69, 9.17) is 0 Å². The number of piperazine rings is 1. The summed E-state index contributed by atoms with van der Waals surface area (Å²) in [7, 11) is -3.58. The summed E-state index contributed by atoms with van der Waals surface area (Å²) >= 11 is 0. The first-order chi connectivity index (χ1) is 15.9. The van der Waals surface area contributed by atoms with Gasteiger partial charge in [0.15, 0.2) is 0 Å². The lowest BCUT2D eigenvalue weighted by Crippen LogP contribution is -2.50. The van der Waals surface area contributed by atoms with E-state index in [-0.39, 0.29) is 24.8 Å². The van der Waals surface area contributed by atoms with Gasteiger partial charge in [-0.05, 0) is 67.5 Å². The van der Waals surface area contributed by atoms with Crippen LogP contribution >= 0.6 is 0 Å². The van der Waals surface area contributed by atoms with Crippen molar-refractivity contribution in [2.24, 2.45) is 0 Å². The van der Waals surface area contributed by atoms with E-state index < -0.39 is 10.0 Å². The van der Waals surface area contributed by atoms with Crippen molar-refractivity contribution in [3.63, 3.8) is 0 Å². The van der Waals surface area contributed by atoms with Gasteiger partial charge in [-0.25, -0.2) is 13.1 Å². The van der Waals surface area contributed by atoms with Gasteiger partial charge in [-0.2, -0.15) is 0 Å². The van der Waals surface area contributed by atoms with Gasteiger partial charge in [0, 0.05) is 44.7 Å². The Hall–Kier alpha value is -2.71. The van der Waals surface area contributed by atoms with Crippen molar-refractivity contribution in [1.29, 1.82) is 0 Å². The van der Waals surface area contributed by atoms with Gasteiger partial charge in [0.25, 0.3) is 5.91 Å². The van der Waals surface area contributed by atoms with E-state index in [0.717, 1.165) is 31.2 Å². The number of hydrogen-bond acceptors (Lipinski definition) is 4. The molecule has 1 N–H and O–H groups in total. The van der Waals surface area contributed by atoms with Crippen molar-refractivity contribution < 1.29 is 18.0 Å². The summed E-state index contributed by atoms with van der Waals surface area (Å²) < 4.78 is 27.9. The number of benzene rings is 2. The Morgan fingerprint density at radius 2 is 1.52 bits per heavy atom. The lowest BCUT2D eigenvalue weighted by Gasteiger charge is -2.35. The summed E-state index contributed by atoms with van der Waals surface area (Å²) in [5, 5.41) is 0. The van der Waals surface area contributed by atoms with Gasteiger partial charge < -0.3 is 9.80 Å². The van der Waals surface area contributed by atoms with Crippen LogP contribution in [0.5, 0.6) is 0 Å². The predicted octanol–water partition coefficient (Wildman–Crippen LogP) is 2.61. The molecule has 0 bridgehead atoms. The molecule has 1 fully saturated rings. The van der Waals surface area contributed by atoms with Gasteiger partial charge in [-0.1, -0.05) is 24.3 Å². The Kier molecular flexibility index (Phi) is 7.45. The van der Waals surface area contributed by atoms with Crippen LogP contribution in [0.15, 0.2) is 53.4 Å². The van der Waals surface area contributed by atoms with E-state index >= 15 is 0 Å². The van der Waals surface area contributed by atoms with Crippen molar-refractivity contribution >= 4 is 21.8 Å². The Balaban J connectivity index is 1.20. The number of fused-ring (bicyclic) bond motifs is 1. The lowest BCUT2D eigenvalue weighted by molar-refractivity contribution is -0.132. The average molecular weight is 470 g/mol. The maximum Gasteiger partial charge on any atom is 0.253 e. The van der Waals surface area contributed by atoms with Gasteiger partial charge >= 0.3 is 0 Å². The molecule has 1 aliphatic carbocycles. The minimum Gasteiger partial charge on any atom is -0.339 e. The Labute approximate surface area is 195 Å². The minimum atomic E-state index is -3.58. The summed E-state index contributed by atoms with van der Waals surface area (Å²) in [5.41, 5.74) is 3.03. The van der Waals surface area contributed by atoms with Gasteiger partial charge in [0.2, 0.25) is 15.9 Å². The fourth-order valence-corrected chi connectivity index (χ4v) is 5.61. The highest BCUT2D eigenvalue weighted by Crippen LogP contribution is 2.24. The molecular weight excluding hydrogens is 438 g/mol. The third-order valence-electron chi connectivity index (χ3n) is 6.43. The van der Waals surface area contributed by atoms with Crippen LogP contribution in [0, 0.1) is 0 Å². The standard InChI is InChI=1S/C25H31N3O4S/c29-24(27-15-17-28(18-16-27)25(30)21-8-2-1-3-9-21)11-6-14-26-33(31,32)23-13-12-20-7-4-5-10-22(20)19-23/h1-3,8-9,12-13,19,26H,4-7,10-11,14-18H2. The normalized spacial score (nSPS) is 16.4. The maximum absolute atomic E-state index is 12.6. The second-order valence-corrected chi connectivity index (χ2v) is 10.4. The van der Waals surface area contributed by atoms with E-state index in [0.29, 0.717) is 43.1 Å². The fraction of sp³-hybridized carbons (Fsp3) is 0.440. The third-order valence-corrected chi connectivity index (χ3v) is 7.89. The van der Waals surface area contributed by atoms with Gasteiger partial charge in [0.05, 0.1) is 4.90 Å². The number of hydrogen-bond donors (Lipinski definition) is 1. The van der Waals surface area contributed by atoms with E-state index in [1.165, 1.54) is 5.56 Å². The second-order valence-electron chi connectivity index (χ2n) is 8.68. The van der Waals surface area contributed by atoms with Crippen molar-refractivity contribution in [2.75, 3.05) is 32.7 Å². The molecule has 8 heteroatoms. The lowest BCUT2D eigenvalue weighted by atomic mass is 9.92. The van der Waals surface area contributed by atoms with Crippen LogP contribution in [0.1, 0.15) is 47.2 Å². The number of amides is 2. The predicted molar refractivity (Wildman–Crippen MR) is 126 cm³/mol. The Bertz CT molecular complexity index is 1090. The number of sulfonamides is 1. The largest absolute Gasteiger partial charge is 0.339 e. The molecule has 2 aromatic rings. The van der Waals surface area contributed by atoms with E-state index in [2.05, 4.69) is 4.72 Å². The first kappa shape index (κ1) is 23.4. The maximum atomic E-state index is 12.6. The number of aryl methyl sites for hydroxylation is 2. The highest BCUT2D eigenvalue weighted by Gasteiger charge is 2.24. The number of carbonyl (C=O) groups is 2. The highest BCUT2D eigenvalue weighted by atomic mass is 32.2. The summed E-state index contributed by atoms with van der Waals surface area (Å²) in [4.78, 5) is 28.9. The Morgan fingerprint density at radius 3 is 2.24 bits per heavy atom. The van der Waals surface area contributed by atoms with E-state index in [1.807, 2.05) is 24.3 Å². The molecule has 0 saturated carbocycles. The number of carbonyl (C=O) groups excluding carboxylic acids is 2. The summed E-state index contributed by atoms with van der Waals surface area (Å²) in [6.07, 6.45) is 4.91. The zero-order chi connectivity index (χ0) is 23.3. The van der Waals surface area contributed by atoms with Crippen LogP contribution < -0.4 is 4.72 Å². The van der Waals surface area contributed by atoms with Gasteiger partial charge in [-0.3, -0.25) is 9.59 Å². The van der Waals surface area contributed by atoms with Crippen LogP contribution in [0.25, 0.3) is 0 Å². The molecule has 0 radical (unpaired) electrons. The molecule has 1 heterocycles. The summed E-state index contributed by atoms with van der Waals surface area (Å²) in [5.74, 6) is -0.0194. The minimum absolute atomic E-state index is 0.00483. The van der Waals surface area contributed by atoms with Crippen LogP contribution in [0.4, 0.5) is 0 Å². The SMILES string of the molecule is O=C(CCCNS(=O)(=O)c1ccc2c(c1)CCCC2)N1CCN(C(=O)c2ccccc2)CC1. The van der Waals surface area contributed by atoms with Crippen LogP contribution in [-0.4, -0.2) is 62.8 Å². The molecule has 1 aliphatic heterocycles. The summed E-state index contributed by atoms with van der Waals surface area (Å²) in [6, 6.07) is 14.5. The molecule has 0 aromatic heterocycles. The topological polar surface area (TPSA) is 86.8 Å². The van der Waals surface area contributed by atoms with Crippen LogP contribution in [0.2, 0.25) is 0 Å². The van der Waals surface area contributed by atoms with Crippen molar-refractivity contribution in [3.8, 4) is 0 Å². The van der Waals surface area contributed by atoms with E-state index in [9.17, 15) is 18.0 Å². The number of nitrogens with zero attached hydrogens (tertiary/aromatic N) is 2. The molecule has 0 unspecified atom stereocenters. The number of rotatable bonds is 7. The first-order valence-electron chi connectivity index (χ1n) is 11.7. The van der Waals surface area contributed by atoms with Crippen LogP contribution in [0.3, 0.4) is 0 Å². The quantitative estimate of drug-likeness (QED) is 0.632.